The van der Waals surface area contributed by atoms with Crippen molar-refractivity contribution in [3.8, 4) is 11.6 Å². The highest BCUT2D eigenvalue weighted by atomic mass is 35.5. The minimum absolute atomic E-state index is 0.171. The van der Waals surface area contributed by atoms with Crippen molar-refractivity contribution in [2.45, 2.75) is 0 Å². The molecule has 0 N–H and O–H groups in total. The van der Waals surface area contributed by atoms with Crippen molar-refractivity contribution in [1.82, 2.24) is 9.97 Å². The van der Waals surface area contributed by atoms with Gasteiger partial charge in [0.2, 0.25) is 11.2 Å². The van der Waals surface area contributed by atoms with E-state index in [0.29, 0.717) is 11.6 Å². The second-order valence-corrected chi connectivity index (χ2v) is 2.84. The molecular formula is C10H6ClN2O. The van der Waals surface area contributed by atoms with Crippen LogP contribution in [0.2, 0.25) is 5.28 Å². The van der Waals surface area contributed by atoms with Gasteiger partial charge < -0.3 is 4.74 Å². The van der Waals surface area contributed by atoms with E-state index in [1.807, 2.05) is 0 Å². The van der Waals surface area contributed by atoms with Gasteiger partial charge in [-0.3, -0.25) is 0 Å². The smallest absolute Gasteiger partial charge is 0.225 e. The van der Waals surface area contributed by atoms with E-state index in [2.05, 4.69) is 16.0 Å². The zero-order valence-electron chi connectivity index (χ0n) is 7.14. The maximum absolute atomic E-state index is 5.60. The van der Waals surface area contributed by atoms with Crippen LogP contribution in [-0.4, -0.2) is 9.97 Å². The molecule has 69 valence electrons. The van der Waals surface area contributed by atoms with E-state index in [1.165, 1.54) is 0 Å². The van der Waals surface area contributed by atoms with Gasteiger partial charge in [0.05, 0.1) is 0 Å². The molecular weight excluding hydrogens is 200 g/mol. The molecule has 4 heteroatoms. The van der Waals surface area contributed by atoms with Crippen LogP contribution in [0, 0.1) is 6.07 Å². The summed E-state index contributed by atoms with van der Waals surface area (Å²) in [5.41, 5.74) is 0. The van der Waals surface area contributed by atoms with Crippen LogP contribution in [-0.2, 0) is 0 Å². The monoisotopic (exact) mass is 205 g/mol. The average Bonchev–Trinajstić information content (AvgIpc) is 2.19. The fourth-order valence-corrected chi connectivity index (χ4v) is 1.08. The van der Waals surface area contributed by atoms with Crippen molar-refractivity contribution in [3.05, 3.63) is 47.9 Å². The summed E-state index contributed by atoms with van der Waals surface area (Å²) in [4.78, 5) is 7.64. The molecule has 1 radical (unpaired) electrons. The predicted octanol–water partition coefficient (Wildman–Crippen LogP) is 2.72. The molecule has 1 aromatic heterocycles. The van der Waals surface area contributed by atoms with Crippen molar-refractivity contribution in [2.24, 2.45) is 0 Å². The molecule has 0 saturated heterocycles. The normalized spacial score (nSPS) is 9.79. The van der Waals surface area contributed by atoms with Gasteiger partial charge in [0.15, 0.2) is 0 Å². The van der Waals surface area contributed by atoms with Gasteiger partial charge in [-0.2, -0.15) is 4.98 Å². The molecule has 0 saturated carbocycles. The SMILES string of the molecule is Clc1nccc(Oc2cc[c]cc2)n1. The molecule has 1 aromatic carbocycles. The van der Waals surface area contributed by atoms with Crippen LogP contribution >= 0.6 is 11.6 Å². The van der Waals surface area contributed by atoms with Crippen LogP contribution in [0.3, 0.4) is 0 Å². The lowest BCUT2D eigenvalue weighted by molar-refractivity contribution is 0.461. The van der Waals surface area contributed by atoms with Crippen molar-refractivity contribution in [3.63, 3.8) is 0 Å². The first-order chi connectivity index (χ1) is 6.84. The Kier molecular flexibility index (Phi) is 2.60. The Labute approximate surface area is 86.3 Å². The molecule has 2 aromatic rings. The first kappa shape index (κ1) is 8.97. The Morgan fingerprint density at radius 2 is 2.00 bits per heavy atom. The minimum atomic E-state index is 0.171. The quantitative estimate of drug-likeness (QED) is 0.708. The summed E-state index contributed by atoms with van der Waals surface area (Å²) in [6.45, 7) is 0. The zero-order chi connectivity index (χ0) is 9.80. The van der Waals surface area contributed by atoms with Gasteiger partial charge in [0.25, 0.3) is 0 Å². The van der Waals surface area contributed by atoms with Crippen LogP contribution in [0.25, 0.3) is 0 Å². The molecule has 2 rings (SSSR count). The Morgan fingerprint density at radius 1 is 1.21 bits per heavy atom. The number of ether oxygens (including phenoxy) is 1. The van der Waals surface area contributed by atoms with E-state index in [0.717, 1.165) is 0 Å². The van der Waals surface area contributed by atoms with Gasteiger partial charge in [-0.25, -0.2) is 4.98 Å². The van der Waals surface area contributed by atoms with Crippen molar-refractivity contribution in [2.75, 3.05) is 0 Å². The molecule has 1 heterocycles. The minimum Gasteiger partial charge on any atom is -0.439 e. The third-order valence-electron chi connectivity index (χ3n) is 1.51. The lowest BCUT2D eigenvalue weighted by atomic mass is 10.3. The van der Waals surface area contributed by atoms with Gasteiger partial charge in [-0.15, -0.1) is 0 Å². The van der Waals surface area contributed by atoms with Crippen molar-refractivity contribution in [1.29, 1.82) is 0 Å². The Morgan fingerprint density at radius 3 is 2.71 bits per heavy atom. The molecule has 0 aliphatic rings. The van der Waals surface area contributed by atoms with Gasteiger partial charge in [-0.1, -0.05) is 12.1 Å². The van der Waals surface area contributed by atoms with Gasteiger partial charge >= 0.3 is 0 Å². The maximum Gasteiger partial charge on any atom is 0.225 e. The lowest BCUT2D eigenvalue weighted by Crippen LogP contribution is -1.88. The number of halogens is 1. The molecule has 0 bridgehead atoms. The number of hydrogen-bond donors (Lipinski definition) is 0. The summed E-state index contributed by atoms with van der Waals surface area (Å²) < 4.78 is 5.40. The first-order valence-electron chi connectivity index (χ1n) is 3.97. The number of benzene rings is 1. The van der Waals surface area contributed by atoms with Gasteiger partial charge in [-0.05, 0) is 29.8 Å². The van der Waals surface area contributed by atoms with Gasteiger partial charge in [0, 0.05) is 12.3 Å². The van der Waals surface area contributed by atoms with Crippen molar-refractivity contribution < 1.29 is 4.74 Å². The van der Waals surface area contributed by atoms with Crippen LogP contribution in [0.4, 0.5) is 0 Å². The first-order valence-corrected chi connectivity index (χ1v) is 4.35. The molecule has 0 atom stereocenters. The molecule has 0 amide bonds. The van der Waals surface area contributed by atoms with Crippen LogP contribution in [0.15, 0.2) is 36.5 Å². The molecule has 3 nitrogen and oxygen atoms in total. The van der Waals surface area contributed by atoms with E-state index in [-0.39, 0.29) is 5.28 Å². The zero-order valence-corrected chi connectivity index (χ0v) is 7.90. The second-order valence-electron chi connectivity index (χ2n) is 2.50. The number of rotatable bonds is 2. The summed E-state index contributed by atoms with van der Waals surface area (Å²) in [6, 6.07) is 11.6. The highest BCUT2D eigenvalue weighted by Crippen LogP contribution is 2.18. The number of nitrogens with zero attached hydrogens (tertiary/aromatic N) is 2. The summed E-state index contributed by atoms with van der Waals surface area (Å²) in [6.07, 6.45) is 1.54. The third kappa shape index (κ3) is 2.20. The summed E-state index contributed by atoms with van der Waals surface area (Å²) in [5, 5.41) is 0.171. The molecule has 0 aliphatic carbocycles. The molecule has 14 heavy (non-hydrogen) atoms. The van der Waals surface area contributed by atoms with E-state index >= 15 is 0 Å². The number of aromatic nitrogens is 2. The summed E-state index contributed by atoms with van der Waals surface area (Å²) >= 11 is 5.60. The molecule has 0 spiro atoms. The average molecular weight is 206 g/mol. The second kappa shape index (κ2) is 4.07. The van der Waals surface area contributed by atoms with E-state index in [4.69, 9.17) is 16.3 Å². The number of hydrogen-bond acceptors (Lipinski definition) is 3. The fraction of sp³-hybridized carbons (Fsp3) is 0. The van der Waals surface area contributed by atoms with Gasteiger partial charge in [0.1, 0.15) is 5.75 Å². The summed E-state index contributed by atoms with van der Waals surface area (Å²) in [5.74, 6) is 1.12. The summed E-state index contributed by atoms with van der Waals surface area (Å²) in [7, 11) is 0. The van der Waals surface area contributed by atoms with Crippen molar-refractivity contribution >= 4 is 11.6 Å². The standard InChI is InChI=1S/C10H6ClN2O/c11-10-12-7-6-9(13-10)14-8-4-2-1-3-5-8/h2-7H. The van der Waals surface area contributed by atoms with Crippen LogP contribution in [0.5, 0.6) is 11.6 Å². The molecule has 0 fully saturated rings. The maximum atomic E-state index is 5.60. The molecule has 0 aliphatic heterocycles. The third-order valence-corrected chi connectivity index (χ3v) is 1.69. The highest BCUT2D eigenvalue weighted by molar-refractivity contribution is 6.28. The Bertz CT molecular complexity index is 419. The Balaban J connectivity index is 2.19. The largest absolute Gasteiger partial charge is 0.439 e. The van der Waals surface area contributed by atoms with E-state index in [1.54, 1.807) is 36.5 Å². The topological polar surface area (TPSA) is 35.0 Å². The van der Waals surface area contributed by atoms with Crippen LogP contribution in [0.1, 0.15) is 0 Å². The highest BCUT2D eigenvalue weighted by Gasteiger charge is 1.98. The lowest BCUT2D eigenvalue weighted by Gasteiger charge is -2.02. The van der Waals surface area contributed by atoms with Crippen LogP contribution < -0.4 is 4.74 Å². The Hall–Kier alpha value is -1.61. The molecule has 0 unspecified atom stereocenters. The van der Waals surface area contributed by atoms with E-state index in [9.17, 15) is 0 Å². The predicted molar refractivity (Wildman–Crippen MR) is 52.4 cm³/mol. The van der Waals surface area contributed by atoms with E-state index < -0.39 is 0 Å². The fourth-order valence-electron chi connectivity index (χ4n) is 0.937.